The van der Waals surface area contributed by atoms with Crippen LogP contribution in [0.25, 0.3) is 0 Å². The number of nitriles is 1. The fourth-order valence-electron chi connectivity index (χ4n) is 2.85. The minimum atomic E-state index is -3.47. The number of benzene rings is 1. The molecule has 1 atom stereocenters. The van der Waals surface area contributed by atoms with Gasteiger partial charge in [-0.3, -0.25) is 0 Å². The van der Waals surface area contributed by atoms with Gasteiger partial charge in [-0.1, -0.05) is 0 Å². The zero-order valence-electron chi connectivity index (χ0n) is 12.5. The second-order valence-electron chi connectivity index (χ2n) is 5.52. The molecule has 0 saturated carbocycles. The van der Waals surface area contributed by atoms with Crippen molar-refractivity contribution in [1.29, 1.82) is 5.26 Å². The van der Waals surface area contributed by atoms with Crippen molar-refractivity contribution in [2.24, 2.45) is 5.92 Å². The van der Waals surface area contributed by atoms with Crippen LogP contribution in [-0.2, 0) is 10.0 Å². The van der Waals surface area contributed by atoms with Crippen molar-refractivity contribution in [2.45, 2.75) is 24.7 Å². The van der Waals surface area contributed by atoms with Crippen LogP contribution >= 0.6 is 0 Å². The Bertz CT molecular complexity index is 647. The number of aryl methyl sites for hydroxylation is 1. The second kappa shape index (κ2) is 6.56. The molecular formula is C15H21N3O2S. The van der Waals surface area contributed by atoms with Crippen LogP contribution in [0.2, 0.25) is 0 Å². The van der Waals surface area contributed by atoms with Crippen molar-refractivity contribution in [3.05, 3.63) is 29.3 Å². The molecule has 1 saturated heterocycles. The fraction of sp³-hybridized carbons (Fsp3) is 0.533. The predicted molar refractivity (Wildman–Crippen MR) is 81.3 cm³/mol. The van der Waals surface area contributed by atoms with Gasteiger partial charge in [0.15, 0.2) is 0 Å². The number of piperidine rings is 1. The molecule has 1 aromatic rings. The van der Waals surface area contributed by atoms with Crippen molar-refractivity contribution >= 4 is 10.0 Å². The van der Waals surface area contributed by atoms with E-state index in [-0.39, 0.29) is 0 Å². The van der Waals surface area contributed by atoms with E-state index in [0.717, 1.165) is 19.4 Å². The molecule has 0 radical (unpaired) electrons. The SMILES string of the molecule is CNC[C@H]1CCCN(S(=O)(=O)c2ccc(C#N)cc2C)C1. The highest BCUT2D eigenvalue weighted by Gasteiger charge is 2.30. The summed E-state index contributed by atoms with van der Waals surface area (Å²) in [7, 11) is -1.59. The van der Waals surface area contributed by atoms with Crippen molar-refractivity contribution in [3.63, 3.8) is 0 Å². The molecule has 1 aliphatic rings. The third kappa shape index (κ3) is 3.43. The lowest BCUT2D eigenvalue weighted by atomic mass is 10.00. The molecule has 1 N–H and O–H groups in total. The van der Waals surface area contributed by atoms with Crippen LogP contribution in [0.4, 0.5) is 0 Å². The monoisotopic (exact) mass is 307 g/mol. The fourth-order valence-corrected chi connectivity index (χ4v) is 4.61. The van der Waals surface area contributed by atoms with Gasteiger partial charge in [0, 0.05) is 13.1 Å². The Hall–Kier alpha value is -1.42. The molecule has 1 heterocycles. The van der Waals surface area contributed by atoms with Crippen molar-refractivity contribution in [1.82, 2.24) is 9.62 Å². The summed E-state index contributed by atoms with van der Waals surface area (Å²) < 4.78 is 27.1. The minimum Gasteiger partial charge on any atom is -0.319 e. The summed E-state index contributed by atoms with van der Waals surface area (Å²) in [5.41, 5.74) is 1.11. The molecule has 114 valence electrons. The summed E-state index contributed by atoms with van der Waals surface area (Å²) in [5, 5.41) is 12.0. The number of sulfonamides is 1. The van der Waals surface area contributed by atoms with E-state index in [9.17, 15) is 8.42 Å². The highest BCUT2D eigenvalue weighted by atomic mass is 32.2. The zero-order valence-corrected chi connectivity index (χ0v) is 13.3. The van der Waals surface area contributed by atoms with Crippen LogP contribution in [0, 0.1) is 24.2 Å². The van der Waals surface area contributed by atoms with Crippen molar-refractivity contribution < 1.29 is 8.42 Å². The lowest BCUT2D eigenvalue weighted by molar-refractivity contribution is 0.263. The van der Waals surface area contributed by atoms with Crippen LogP contribution in [0.3, 0.4) is 0 Å². The topological polar surface area (TPSA) is 73.2 Å². The Balaban J connectivity index is 2.27. The second-order valence-corrected chi connectivity index (χ2v) is 7.43. The summed E-state index contributed by atoms with van der Waals surface area (Å²) in [6, 6.07) is 6.77. The van der Waals surface area contributed by atoms with Gasteiger partial charge in [0.05, 0.1) is 16.5 Å². The Kier molecular flexibility index (Phi) is 4.99. The standard InChI is InChI=1S/C15H21N3O2S/c1-12-8-13(9-16)5-6-15(12)21(19,20)18-7-3-4-14(11-18)10-17-2/h5-6,8,14,17H,3-4,7,10-11H2,1-2H3/t14-/m1/s1. The van der Waals surface area contributed by atoms with E-state index >= 15 is 0 Å². The van der Waals surface area contributed by atoms with Gasteiger partial charge in [-0.15, -0.1) is 0 Å². The molecule has 5 nitrogen and oxygen atoms in total. The molecule has 21 heavy (non-hydrogen) atoms. The van der Waals surface area contributed by atoms with Gasteiger partial charge in [0.1, 0.15) is 0 Å². The van der Waals surface area contributed by atoms with E-state index in [2.05, 4.69) is 5.32 Å². The quantitative estimate of drug-likeness (QED) is 0.914. The highest BCUT2D eigenvalue weighted by molar-refractivity contribution is 7.89. The van der Waals surface area contributed by atoms with Gasteiger partial charge < -0.3 is 5.32 Å². The maximum absolute atomic E-state index is 12.8. The lowest BCUT2D eigenvalue weighted by Gasteiger charge is -2.32. The molecule has 0 aromatic heterocycles. The maximum Gasteiger partial charge on any atom is 0.243 e. The maximum atomic E-state index is 12.8. The molecule has 6 heteroatoms. The largest absolute Gasteiger partial charge is 0.319 e. The van der Waals surface area contributed by atoms with Crippen molar-refractivity contribution in [2.75, 3.05) is 26.7 Å². The number of nitrogens with zero attached hydrogens (tertiary/aromatic N) is 2. The van der Waals surface area contributed by atoms with Gasteiger partial charge in [-0.05, 0) is 63.0 Å². The van der Waals surface area contributed by atoms with E-state index in [1.807, 2.05) is 13.1 Å². The van der Waals surface area contributed by atoms with Crippen LogP contribution in [0.5, 0.6) is 0 Å². The van der Waals surface area contributed by atoms with E-state index in [4.69, 9.17) is 5.26 Å². The summed E-state index contributed by atoms with van der Waals surface area (Å²) in [6.07, 6.45) is 1.94. The van der Waals surface area contributed by atoms with E-state index in [0.29, 0.717) is 35.0 Å². The first-order chi connectivity index (χ1) is 9.98. The summed E-state index contributed by atoms with van der Waals surface area (Å²) in [6.45, 7) is 3.70. The lowest BCUT2D eigenvalue weighted by Crippen LogP contribution is -2.42. The molecule has 0 bridgehead atoms. The molecule has 2 rings (SSSR count). The Morgan fingerprint density at radius 1 is 1.48 bits per heavy atom. The van der Waals surface area contributed by atoms with Gasteiger partial charge >= 0.3 is 0 Å². The molecule has 1 aliphatic heterocycles. The Labute approximate surface area is 126 Å². The normalized spacial score (nSPS) is 20.1. The van der Waals surface area contributed by atoms with E-state index in [1.165, 1.54) is 0 Å². The highest BCUT2D eigenvalue weighted by Crippen LogP contribution is 2.25. The molecular weight excluding hydrogens is 286 g/mol. The Morgan fingerprint density at radius 2 is 2.24 bits per heavy atom. The van der Waals surface area contributed by atoms with Gasteiger partial charge in [0.2, 0.25) is 10.0 Å². The first-order valence-electron chi connectivity index (χ1n) is 7.14. The molecule has 1 fully saturated rings. The number of hydrogen-bond acceptors (Lipinski definition) is 4. The van der Waals surface area contributed by atoms with Crippen LogP contribution < -0.4 is 5.32 Å². The van der Waals surface area contributed by atoms with Crippen molar-refractivity contribution in [3.8, 4) is 6.07 Å². The number of nitrogens with one attached hydrogen (secondary N) is 1. The van der Waals surface area contributed by atoms with Gasteiger partial charge in [-0.25, -0.2) is 8.42 Å². The van der Waals surface area contributed by atoms with Crippen LogP contribution in [-0.4, -0.2) is 39.4 Å². The molecule has 1 aromatic carbocycles. The molecule has 0 unspecified atom stereocenters. The van der Waals surface area contributed by atoms with Crippen LogP contribution in [0.15, 0.2) is 23.1 Å². The average Bonchev–Trinajstić information content (AvgIpc) is 2.47. The minimum absolute atomic E-state index is 0.312. The van der Waals surface area contributed by atoms with Gasteiger partial charge in [0.25, 0.3) is 0 Å². The summed E-state index contributed by atoms with van der Waals surface area (Å²) in [4.78, 5) is 0.312. The average molecular weight is 307 g/mol. The Morgan fingerprint density at radius 3 is 2.86 bits per heavy atom. The molecule has 0 amide bonds. The smallest absolute Gasteiger partial charge is 0.243 e. The number of rotatable bonds is 4. The number of hydrogen-bond donors (Lipinski definition) is 1. The summed E-state index contributed by atoms with van der Waals surface area (Å²) in [5.74, 6) is 0.359. The van der Waals surface area contributed by atoms with E-state index < -0.39 is 10.0 Å². The third-order valence-corrected chi connectivity index (χ3v) is 5.92. The predicted octanol–water partition coefficient (Wildman–Crippen LogP) is 1.49. The molecule has 0 aliphatic carbocycles. The van der Waals surface area contributed by atoms with Gasteiger partial charge in [-0.2, -0.15) is 9.57 Å². The molecule has 0 spiro atoms. The first kappa shape index (κ1) is 16.0. The first-order valence-corrected chi connectivity index (χ1v) is 8.58. The van der Waals surface area contributed by atoms with E-state index in [1.54, 1.807) is 29.4 Å². The third-order valence-electron chi connectivity index (χ3n) is 3.90. The zero-order chi connectivity index (χ0) is 15.5. The van der Waals surface area contributed by atoms with Crippen LogP contribution in [0.1, 0.15) is 24.0 Å². The summed E-state index contributed by atoms with van der Waals surface area (Å²) >= 11 is 0.